The van der Waals surface area contributed by atoms with Gasteiger partial charge in [0.15, 0.2) is 0 Å². The maximum atomic E-state index is 13.0. The van der Waals surface area contributed by atoms with Crippen molar-refractivity contribution in [1.82, 2.24) is 5.32 Å². The highest BCUT2D eigenvalue weighted by Gasteiger charge is 2.11. The Balaban J connectivity index is 2.85. The molecule has 84 valence electrons. The van der Waals surface area contributed by atoms with Crippen LogP contribution in [0.5, 0.6) is 0 Å². The molecule has 1 aromatic rings. The smallest absolute Gasteiger partial charge is 0.123 e. The van der Waals surface area contributed by atoms with E-state index >= 15 is 0 Å². The van der Waals surface area contributed by atoms with Gasteiger partial charge in [-0.25, -0.2) is 4.39 Å². The molecule has 1 unspecified atom stereocenters. The lowest BCUT2D eigenvalue weighted by Crippen LogP contribution is -2.31. The van der Waals surface area contributed by atoms with Gasteiger partial charge in [0.2, 0.25) is 0 Å². The van der Waals surface area contributed by atoms with E-state index in [-0.39, 0.29) is 18.5 Å². The molecule has 0 bridgehead atoms. The molecule has 0 spiro atoms. The third kappa shape index (κ3) is 3.27. The summed E-state index contributed by atoms with van der Waals surface area (Å²) in [5.74, 6) is -0.264. The van der Waals surface area contributed by atoms with Gasteiger partial charge < -0.3 is 16.2 Å². The first kappa shape index (κ1) is 12.1. The van der Waals surface area contributed by atoms with Gasteiger partial charge in [0.1, 0.15) is 5.82 Å². The molecule has 3 nitrogen and oxygen atoms in total. The van der Waals surface area contributed by atoms with Crippen LogP contribution in [0, 0.1) is 12.7 Å². The van der Waals surface area contributed by atoms with Crippen LogP contribution in [0.3, 0.4) is 0 Å². The van der Waals surface area contributed by atoms with Gasteiger partial charge in [-0.1, -0.05) is 6.07 Å². The van der Waals surface area contributed by atoms with Gasteiger partial charge in [0, 0.05) is 19.1 Å². The van der Waals surface area contributed by atoms with E-state index in [1.54, 1.807) is 6.07 Å². The van der Waals surface area contributed by atoms with Gasteiger partial charge in [0.25, 0.3) is 0 Å². The average Bonchev–Trinajstić information content (AvgIpc) is 2.24. The highest BCUT2D eigenvalue weighted by Crippen LogP contribution is 2.17. The van der Waals surface area contributed by atoms with Crippen molar-refractivity contribution >= 4 is 0 Å². The van der Waals surface area contributed by atoms with Crippen molar-refractivity contribution in [2.75, 3.05) is 19.7 Å². The van der Waals surface area contributed by atoms with Crippen LogP contribution in [0.2, 0.25) is 0 Å². The molecule has 4 heteroatoms. The van der Waals surface area contributed by atoms with Gasteiger partial charge >= 0.3 is 0 Å². The molecular weight excluding hydrogens is 195 g/mol. The van der Waals surface area contributed by atoms with Crippen molar-refractivity contribution in [2.24, 2.45) is 5.73 Å². The Morgan fingerprint density at radius 3 is 2.87 bits per heavy atom. The van der Waals surface area contributed by atoms with E-state index in [1.807, 2.05) is 6.92 Å². The standard InChI is InChI=1S/C11H17FN2O/c1-8-2-3-9(12)6-10(8)11(7-13)14-4-5-15/h2-3,6,11,14-15H,4-5,7,13H2,1H3. The number of benzene rings is 1. The van der Waals surface area contributed by atoms with Crippen molar-refractivity contribution in [2.45, 2.75) is 13.0 Å². The van der Waals surface area contributed by atoms with Crippen LogP contribution in [0.15, 0.2) is 18.2 Å². The Morgan fingerprint density at radius 1 is 1.53 bits per heavy atom. The van der Waals surface area contributed by atoms with E-state index in [9.17, 15) is 4.39 Å². The molecule has 0 saturated carbocycles. The van der Waals surface area contributed by atoms with E-state index in [4.69, 9.17) is 10.8 Å². The van der Waals surface area contributed by atoms with Gasteiger partial charge in [-0.15, -0.1) is 0 Å². The molecular formula is C11H17FN2O. The minimum atomic E-state index is -0.264. The normalized spacial score (nSPS) is 12.8. The second kappa shape index (κ2) is 5.80. The van der Waals surface area contributed by atoms with Gasteiger partial charge in [-0.2, -0.15) is 0 Å². The Kier molecular flexibility index (Phi) is 4.68. The van der Waals surface area contributed by atoms with E-state index in [1.165, 1.54) is 12.1 Å². The largest absolute Gasteiger partial charge is 0.395 e. The molecule has 0 saturated heterocycles. The maximum Gasteiger partial charge on any atom is 0.123 e. The summed E-state index contributed by atoms with van der Waals surface area (Å²) in [5, 5.41) is 11.8. The molecule has 1 atom stereocenters. The summed E-state index contributed by atoms with van der Waals surface area (Å²) in [5.41, 5.74) is 7.45. The zero-order chi connectivity index (χ0) is 11.3. The maximum absolute atomic E-state index is 13.0. The minimum absolute atomic E-state index is 0.0465. The Labute approximate surface area is 89.1 Å². The molecule has 0 fully saturated rings. The first-order chi connectivity index (χ1) is 7.19. The quantitative estimate of drug-likeness (QED) is 0.674. The molecule has 0 aliphatic rings. The molecule has 0 aromatic heterocycles. The highest BCUT2D eigenvalue weighted by molar-refractivity contribution is 5.29. The first-order valence-electron chi connectivity index (χ1n) is 4.99. The highest BCUT2D eigenvalue weighted by atomic mass is 19.1. The SMILES string of the molecule is Cc1ccc(F)cc1C(CN)NCCO. The van der Waals surface area contributed by atoms with Crippen LogP contribution < -0.4 is 11.1 Å². The summed E-state index contributed by atoms with van der Waals surface area (Å²) >= 11 is 0. The van der Waals surface area contributed by atoms with Crippen molar-refractivity contribution in [3.63, 3.8) is 0 Å². The van der Waals surface area contributed by atoms with Crippen LogP contribution in [0.1, 0.15) is 17.2 Å². The summed E-state index contributed by atoms with van der Waals surface area (Å²) < 4.78 is 13.0. The topological polar surface area (TPSA) is 58.3 Å². The number of halogens is 1. The molecule has 4 N–H and O–H groups in total. The fraction of sp³-hybridized carbons (Fsp3) is 0.455. The first-order valence-corrected chi connectivity index (χ1v) is 4.99. The summed E-state index contributed by atoms with van der Waals surface area (Å²) in [6, 6.07) is 4.54. The predicted molar refractivity (Wildman–Crippen MR) is 58.0 cm³/mol. The zero-order valence-electron chi connectivity index (χ0n) is 8.83. The number of nitrogens with two attached hydrogens (primary N) is 1. The fourth-order valence-corrected chi connectivity index (χ4v) is 1.55. The summed E-state index contributed by atoms with van der Waals surface area (Å²) in [6.45, 7) is 2.80. The second-order valence-electron chi connectivity index (χ2n) is 3.47. The monoisotopic (exact) mass is 212 g/mol. The van der Waals surface area contributed by atoms with E-state index in [0.29, 0.717) is 13.1 Å². The van der Waals surface area contributed by atoms with E-state index < -0.39 is 0 Å². The van der Waals surface area contributed by atoms with Crippen molar-refractivity contribution < 1.29 is 9.50 Å². The van der Waals surface area contributed by atoms with Crippen molar-refractivity contribution in [1.29, 1.82) is 0 Å². The number of aliphatic hydroxyl groups excluding tert-OH is 1. The van der Waals surface area contributed by atoms with Crippen molar-refractivity contribution in [3.05, 3.63) is 35.1 Å². The van der Waals surface area contributed by atoms with Gasteiger partial charge in [-0.3, -0.25) is 0 Å². The number of hydrogen-bond acceptors (Lipinski definition) is 3. The lowest BCUT2D eigenvalue weighted by Gasteiger charge is -2.18. The van der Waals surface area contributed by atoms with Crippen LogP contribution in [-0.2, 0) is 0 Å². The van der Waals surface area contributed by atoms with Gasteiger partial charge in [-0.05, 0) is 30.2 Å². The van der Waals surface area contributed by atoms with E-state index in [2.05, 4.69) is 5.32 Å². The molecule has 0 radical (unpaired) electrons. The van der Waals surface area contributed by atoms with Crippen LogP contribution in [0.25, 0.3) is 0 Å². The van der Waals surface area contributed by atoms with Crippen LogP contribution >= 0.6 is 0 Å². The number of aliphatic hydroxyl groups is 1. The summed E-state index contributed by atoms with van der Waals surface area (Å²) in [6.07, 6.45) is 0. The molecule has 0 amide bonds. The lowest BCUT2D eigenvalue weighted by molar-refractivity contribution is 0.285. The Hall–Kier alpha value is -0.970. The molecule has 0 aliphatic carbocycles. The zero-order valence-corrected chi connectivity index (χ0v) is 8.83. The number of rotatable bonds is 5. The predicted octanol–water partition coefficient (Wildman–Crippen LogP) is 0.716. The molecule has 1 rings (SSSR count). The number of nitrogens with one attached hydrogen (secondary N) is 1. The van der Waals surface area contributed by atoms with Crippen LogP contribution in [0.4, 0.5) is 4.39 Å². The summed E-state index contributed by atoms with van der Waals surface area (Å²) in [7, 11) is 0. The number of hydrogen-bond donors (Lipinski definition) is 3. The molecule has 0 heterocycles. The van der Waals surface area contributed by atoms with Gasteiger partial charge in [0.05, 0.1) is 6.61 Å². The van der Waals surface area contributed by atoms with Crippen molar-refractivity contribution in [3.8, 4) is 0 Å². The number of aryl methyl sites for hydroxylation is 1. The second-order valence-corrected chi connectivity index (χ2v) is 3.47. The molecule has 0 aliphatic heterocycles. The molecule has 1 aromatic carbocycles. The summed E-state index contributed by atoms with van der Waals surface area (Å²) in [4.78, 5) is 0. The molecule has 15 heavy (non-hydrogen) atoms. The van der Waals surface area contributed by atoms with E-state index in [0.717, 1.165) is 11.1 Å². The fourth-order valence-electron chi connectivity index (χ4n) is 1.55. The van der Waals surface area contributed by atoms with Crippen LogP contribution in [-0.4, -0.2) is 24.8 Å². The third-order valence-electron chi connectivity index (χ3n) is 2.35. The average molecular weight is 212 g/mol. The minimum Gasteiger partial charge on any atom is -0.395 e. The third-order valence-corrected chi connectivity index (χ3v) is 2.35. The Bertz CT molecular complexity index is 317. The lowest BCUT2D eigenvalue weighted by atomic mass is 10.0. The Morgan fingerprint density at radius 2 is 2.27 bits per heavy atom.